The van der Waals surface area contributed by atoms with Crippen LogP contribution in [0.2, 0.25) is 0 Å². The summed E-state index contributed by atoms with van der Waals surface area (Å²) >= 11 is 0. The Morgan fingerprint density at radius 1 is 0.311 bits per heavy atom. The fraction of sp³-hybridized carbons (Fsp3) is 0.873. The first kappa shape index (κ1) is 58.9. The second-order valence-corrected chi connectivity index (χ2v) is 18.1. The van der Waals surface area contributed by atoms with Crippen molar-refractivity contribution >= 4 is 17.9 Å². The highest BCUT2D eigenvalue weighted by molar-refractivity contribution is 5.71. The zero-order chi connectivity index (χ0) is 44.4. The van der Waals surface area contributed by atoms with Crippen LogP contribution in [-0.4, -0.2) is 37.2 Å². The van der Waals surface area contributed by atoms with Crippen LogP contribution in [0.1, 0.15) is 290 Å². The van der Waals surface area contributed by atoms with Crippen LogP contribution >= 0.6 is 0 Å². The SMILES string of the molecule is CCCCCCCC/C=C\CCCCCCCCCC(=O)OC[C@H](COC(=O)CCCCCCCCCCCCC)OC(=O)CCCCCCC/C=C\CCCCCCCC. The topological polar surface area (TPSA) is 78.9 Å². The van der Waals surface area contributed by atoms with Gasteiger partial charge in [-0.25, -0.2) is 0 Å². The molecule has 0 aliphatic carbocycles. The Morgan fingerprint density at radius 3 is 0.820 bits per heavy atom. The van der Waals surface area contributed by atoms with Crippen molar-refractivity contribution < 1.29 is 28.6 Å². The standard InChI is InChI=1S/C55H102O6/c1-4-7-10-13-16-19-22-24-26-27-29-30-33-36-39-42-45-48-54(57)60-51-52(50-59-53(56)47-44-41-38-35-32-21-18-15-12-9-6-3)61-55(58)49-46-43-40-37-34-31-28-25-23-20-17-14-11-8-5-2/h24-26,28,52H,4-23,27,29-51H2,1-3H3/b26-24-,28-25-/t52-/m0/s1. The average Bonchev–Trinajstić information content (AvgIpc) is 3.26. The van der Waals surface area contributed by atoms with Gasteiger partial charge < -0.3 is 14.2 Å². The minimum atomic E-state index is -0.772. The first-order valence-electron chi connectivity index (χ1n) is 26.8. The normalized spacial score (nSPS) is 12.1. The predicted molar refractivity (Wildman–Crippen MR) is 261 cm³/mol. The summed E-state index contributed by atoms with van der Waals surface area (Å²) in [6.07, 6.45) is 57.3. The molecule has 358 valence electrons. The first-order chi connectivity index (χ1) is 30.0. The van der Waals surface area contributed by atoms with Crippen molar-refractivity contribution in [2.75, 3.05) is 13.2 Å². The van der Waals surface area contributed by atoms with Gasteiger partial charge in [0.05, 0.1) is 0 Å². The van der Waals surface area contributed by atoms with Crippen molar-refractivity contribution in [3.63, 3.8) is 0 Å². The molecule has 0 amide bonds. The zero-order valence-corrected chi connectivity index (χ0v) is 40.9. The molecule has 6 nitrogen and oxygen atoms in total. The Morgan fingerprint density at radius 2 is 0.541 bits per heavy atom. The average molecular weight is 859 g/mol. The van der Waals surface area contributed by atoms with Gasteiger partial charge in [0.15, 0.2) is 6.10 Å². The maximum atomic E-state index is 12.8. The van der Waals surface area contributed by atoms with Crippen LogP contribution < -0.4 is 0 Å². The van der Waals surface area contributed by atoms with E-state index in [9.17, 15) is 14.4 Å². The molecular weight excluding hydrogens is 757 g/mol. The van der Waals surface area contributed by atoms with Crippen molar-refractivity contribution in [3.8, 4) is 0 Å². The smallest absolute Gasteiger partial charge is 0.306 e. The largest absolute Gasteiger partial charge is 0.462 e. The monoisotopic (exact) mass is 859 g/mol. The summed E-state index contributed by atoms with van der Waals surface area (Å²) in [5, 5.41) is 0. The van der Waals surface area contributed by atoms with Gasteiger partial charge in [-0.15, -0.1) is 0 Å². The van der Waals surface area contributed by atoms with Crippen molar-refractivity contribution in [2.24, 2.45) is 0 Å². The van der Waals surface area contributed by atoms with Crippen LogP contribution in [0.4, 0.5) is 0 Å². The van der Waals surface area contributed by atoms with Crippen LogP contribution in [0.3, 0.4) is 0 Å². The number of allylic oxidation sites excluding steroid dienone is 4. The van der Waals surface area contributed by atoms with E-state index in [1.54, 1.807) is 0 Å². The fourth-order valence-corrected chi connectivity index (χ4v) is 7.84. The van der Waals surface area contributed by atoms with Gasteiger partial charge in [-0.2, -0.15) is 0 Å². The number of esters is 3. The van der Waals surface area contributed by atoms with E-state index in [4.69, 9.17) is 14.2 Å². The number of hydrogen-bond donors (Lipinski definition) is 0. The Balaban J connectivity index is 4.33. The van der Waals surface area contributed by atoms with Crippen molar-refractivity contribution in [2.45, 2.75) is 297 Å². The molecule has 0 spiro atoms. The minimum absolute atomic E-state index is 0.0722. The van der Waals surface area contributed by atoms with E-state index >= 15 is 0 Å². The van der Waals surface area contributed by atoms with Gasteiger partial charge in [0.1, 0.15) is 13.2 Å². The van der Waals surface area contributed by atoms with Crippen molar-refractivity contribution in [3.05, 3.63) is 24.3 Å². The van der Waals surface area contributed by atoms with Gasteiger partial charge in [0.2, 0.25) is 0 Å². The molecule has 0 bridgehead atoms. The van der Waals surface area contributed by atoms with Gasteiger partial charge >= 0.3 is 17.9 Å². The van der Waals surface area contributed by atoms with Gasteiger partial charge in [0, 0.05) is 19.3 Å². The lowest BCUT2D eigenvalue weighted by Gasteiger charge is -2.18. The summed E-state index contributed by atoms with van der Waals surface area (Å²) in [5.41, 5.74) is 0. The summed E-state index contributed by atoms with van der Waals surface area (Å²) in [7, 11) is 0. The van der Waals surface area contributed by atoms with Crippen LogP contribution in [0, 0.1) is 0 Å². The number of carbonyl (C=O) groups excluding carboxylic acids is 3. The first-order valence-corrected chi connectivity index (χ1v) is 26.8. The molecule has 0 N–H and O–H groups in total. The molecule has 0 aromatic heterocycles. The molecule has 0 radical (unpaired) electrons. The second-order valence-electron chi connectivity index (χ2n) is 18.1. The maximum Gasteiger partial charge on any atom is 0.306 e. The predicted octanol–water partition coefficient (Wildman–Crippen LogP) is 17.5. The molecule has 0 aromatic carbocycles. The summed E-state index contributed by atoms with van der Waals surface area (Å²) in [4.78, 5) is 38.0. The molecule has 6 heteroatoms. The van der Waals surface area contributed by atoms with Crippen LogP contribution in [0.25, 0.3) is 0 Å². The lowest BCUT2D eigenvalue weighted by Crippen LogP contribution is -2.30. The molecule has 0 aliphatic rings. The van der Waals surface area contributed by atoms with E-state index in [0.717, 1.165) is 64.2 Å². The number of hydrogen-bond acceptors (Lipinski definition) is 6. The molecule has 0 aliphatic heterocycles. The van der Waals surface area contributed by atoms with Gasteiger partial charge in [-0.1, -0.05) is 225 Å². The molecule has 61 heavy (non-hydrogen) atoms. The van der Waals surface area contributed by atoms with E-state index in [1.165, 1.54) is 186 Å². The molecular formula is C55H102O6. The highest BCUT2D eigenvalue weighted by atomic mass is 16.6. The molecule has 0 unspecified atom stereocenters. The Kier molecular flexibility index (Phi) is 48.8. The van der Waals surface area contributed by atoms with Crippen LogP contribution in [0.5, 0.6) is 0 Å². The van der Waals surface area contributed by atoms with Crippen LogP contribution in [0.15, 0.2) is 24.3 Å². The van der Waals surface area contributed by atoms with Crippen LogP contribution in [-0.2, 0) is 28.6 Å². The summed E-state index contributed by atoms with van der Waals surface area (Å²) in [6.45, 7) is 6.64. The third kappa shape index (κ3) is 48.8. The number of carbonyl (C=O) groups is 3. The fourth-order valence-electron chi connectivity index (χ4n) is 7.84. The second kappa shape index (κ2) is 50.5. The van der Waals surface area contributed by atoms with E-state index in [0.29, 0.717) is 19.3 Å². The van der Waals surface area contributed by atoms with E-state index < -0.39 is 6.10 Å². The third-order valence-corrected chi connectivity index (χ3v) is 11.9. The van der Waals surface area contributed by atoms with Crippen molar-refractivity contribution in [1.82, 2.24) is 0 Å². The number of ether oxygens (including phenoxy) is 3. The van der Waals surface area contributed by atoms with E-state index in [2.05, 4.69) is 45.1 Å². The number of rotatable bonds is 49. The summed E-state index contributed by atoms with van der Waals surface area (Å²) in [6, 6.07) is 0. The Labute approximate surface area is 379 Å². The molecule has 0 aromatic rings. The Hall–Kier alpha value is -2.11. The molecule has 0 saturated carbocycles. The zero-order valence-electron chi connectivity index (χ0n) is 40.9. The highest BCUT2D eigenvalue weighted by Crippen LogP contribution is 2.15. The highest BCUT2D eigenvalue weighted by Gasteiger charge is 2.19. The number of unbranched alkanes of at least 4 members (excludes halogenated alkanes) is 34. The third-order valence-electron chi connectivity index (χ3n) is 11.9. The van der Waals surface area contributed by atoms with Crippen molar-refractivity contribution in [1.29, 1.82) is 0 Å². The summed E-state index contributed by atoms with van der Waals surface area (Å²) in [5.74, 6) is -0.872. The minimum Gasteiger partial charge on any atom is -0.462 e. The molecule has 0 heterocycles. The quantitative estimate of drug-likeness (QED) is 0.0262. The lowest BCUT2D eigenvalue weighted by molar-refractivity contribution is -0.167. The molecule has 0 saturated heterocycles. The van der Waals surface area contributed by atoms with E-state index in [1.807, 2.05) is 0 Å². The van der Waals surface area contributed by atoms with Gasteiger partial charge in [-0.05, 0) is 70.6 Å². The van der Waals surface area contributed by atoms with Gasteiger partial charge in [0.25, 0.3) is 0 Å². The molecule has 1 atom stereocenters. The maximum absolute atomic E-state index is 12.8. The molecule has 0 rings (SSSR count). The Bertz CT molecular complexity index is 989. The summed E-state index contributed by atoms with van der Waals surface area (Å²) < 4.78 is 16.8. The van der Waals surface area contributed by atoms with E-state index in [-0.39, 0.29) is 31.1 Å². The lowest BCUT2D eigenvalue weighted by atomic mass is 10.1. The molecule has 0 fully saturated rings. The van der Waals surface area contributed by atoms with Gasteiger partial charge in [-0.3, -0.25) is 14.4 Å².